The Kier molecular flexibility index (Phi) is 22.0. The number of hydrogen-bond acceptors (Lipinski definition) is 3. The highest BCUT2D eigenvalue weighted by Crippen LogP contribution is 2.22. The number of allylic oxidation sites excluding steroid dienone is 1. The van der Waals surface area contributed by atoms with Gasteiger partial charge in [-0.15, -0.1) is 0 Å². The summed E-state index contributed by atoms with van der Waals surface area (Å²) in [6, 6.07) is 0. The summed E-state index contributed by atoms with van der Waals surface area (Å²) in [7, 11) is 3.75. The van der Waals surface area contributed by atoms with Gasteiger partial charge in [-0.1, -0.05) is 97.3 Å². The molecule has 0 aliphatic heterocycles. The zero-order valence-corrected chi connectivity index (χ0v) is 19.7. The molecule has 0 aliphatic rings. The van der Waals surface area contributed by atoms with E-state index in [1.807, 2.05) is 21.0 Å². The molecule has 0 rings (SSSR count). The van der Waals surface area contributed by atoms with Crippen molar-refractivity contribution in [2.75, 3.05) is 14.1 Å². The topological polar surface area (TPSA) is 86.6 Å². The molecule has 0 saturated heterocycles. The first kappa shape index (κ1) is 29.8. The van der Waals surface area contributed by atoms with Gasteiger partial charge in [0.1, 0.15) is 5.57 Å². The number of carbonyl (C=O) groups is 2. The first-order chi connectivity index (χ1) is 13.8. The zero-order chi connectivity index (χ0) is 22.5. The largest absolute Gasteiger partial charge is 0.477 e. The van der Waals surface area contributed by atoms with Crippen LogP contribution >= 0.6 is 0 Å². The van der Waals surface area contributed by atoms with Crippen molar-refractivity contribution in [1.29, 1.82) is 0 Å². The Bertz CT molecular complexity index is 430. The van der Waals surface area contributed by atoms with Crippen molar-refractivity contribution in [1.82, 2.24) is 5.32 Å². The number of unbranched alkanes of at least 4 members (excludes halogenated alkanes) is 12. The SMILES string of the molecule is CCCCCCCCCCCCCCCC(C)C(C)=C(C(=O)O)C(=O)O.CNC. The van der Waals surface area contributed by atoms with E-state index in [2.05, 4.69) is 12.2 Å². The van der Waals surface area contributed by atoms with Gasteiger partial charge in [-0.3, -0.25) is 0 Å². The second-order valence-electron chi connectivity index (χ2n) is 8.10. The van der Waals surface area contributed by atoms with Crippen molar-refractivity contribution < 1.29 is 19.8 Å². The minimum absolute atomic E-state index is 0.00454. The summed E-state index contributed by atoms with van der Waals surface area (Å²) in [5, 5.41) is 20.8. The molecule has 1 atom stereocenters. The molecule has 0 aliphatic carbocycles. The molecule has 0 saturated carbocycles. The number of nitrogens with one attached hydrogen (secondary N) is 1. The number of carboxylic acid groups (broad SMARTS) is 2. The van der Waals surface area contributed by atoms with E-state index in [-0.39, 0.29) is 5.92 Å². The van der Waals surface area contributed by atoms with Crippen LogP contribution in [0.1, 0.15) is 111 Å². The number of aliphatic carboxylic acids is 2. The lowest BCUT2D eigenvalue weighted by Crippen LogP contribution is -2.16. The van der Waals surface area contributed by atoms with Crippen molar-refractivity contribution >= 4 is 11.9 Å². The van der Waals surface area contributed by atoms with E-state index in [0.717, 1.165) is 19.3 Å². The molecule has 0 amide bonds. The fourth-order valence-electron chi connectivity index (χ4n) is 3.36. The molecule has 0 aromatic heterocycles. The third-order valence-electron chi connectivity index (χ3n) is 5.30. The van der Waals surface area contributed by atoms with Gasteiger partial charge in [0, 0.05) is 0 Å². The lowest BCUT2D eigenvalue weighted by atomic mass is 9.92. The second kappa shape index (κ2) is 21.4. The third-order valence-corrected chi connectivity index (χ3v) is 5.30. The van der Waals surface area contributed by atoms with Gasteiger partial charge >= 0.3 is 11.9 Å². The Morgan fingerprint density at radius 2 is 1.03 bits per heavy atom. The molecule has 0 aromatic carbocycles. The van der Waals surface area contributed by atoms with Crippen molar-refractivity contribution in [2.45, 2.75) is 111 Å². The Morgan fingerprint density at radius 1 is 0.724 bits per heavy atom. The molecule has 0 aromatic rings. The van der Waals surface area contributed by atoms with E-state index in [1.54, 1.807) is 6.92 Å². The number of carboxylic acids is 2. The van der Waals surface area contributed by atoms with E-state index >= 15 is 0 Å². The summed E-state index contributed by atoms with van der Waals surface area (Å²) in [6.07, 6.45) is 17.8. The average molecular weight is 414 g/mol. The summed E-state index contributed by atoms with van der Waals surface area (Å²) in [4.78, 5) is 22.1. The van der Waals surface area contributed by atoms with Gasteiger partial charge in [-0.2, -0.15) is 0 Å². The fraction of sp³-hybridized carbons (Fsp3) is 0.833. The number of rotatable bonds is 17. The molecular weight excluding hydrogens is 366 g/mol. The summed E-state index contributed by atoms with van der Waals surface area (Å²) < 4.78 is 0. The molecule has 0 bridgehead atoms. The highest BCUT2D eigenvalue weighted by molar-refractivity contribution is 6.13. The summed E-state index contributed by atoms with van der Waals surface area (Å²) in [6.45, 7) is 5.80. The standard InChI is InChI=1S/C22H40O4.C2H7N/c1-4-5-6-7-8-9-10-11-12-13-14-15-16-17-18(2)19(3)20(21(23)24)22(25)26;1-3-2/h18H,4-17H2,1-3H3,(H,23,24)(H,25,26);3H,1-2H3. The minimum atomic E-state index is -1.34. The van der Waals surface area contributed by atoms with E-state index in [1.165, 1.54) is 70.6 Å². The summed E-state index contributed by atoms with van der Waals surface area (Å²) in [5.41, 5.74) is 0.0103. The maximum absolute atomic E-state index is 11.0. The van der Waals surface area contributed by atoms with Gasteiger partial charge < -0.3 is 15.5 Å². The van der Waals surface area contributed by atoms with Crippen LogP contribution in [0.25, 0.3) is 0 Å². The minimum Gasteiger partial charge on any atom is -0.477 e. The molecule has 1 unspecified atom stereocenters. The molecule has 0 heterocycles. The molecular formula is C24H47NO4. The van der Waals surface area contributed by atoms with Crippen LogP contribution in [-0.4, -0.2) is 36.2 Å². The normalized spacial score (nSPS) is 11.3. The van der Waals surface area contributed by atoms with Crippen LogP contribution in [0, 0.1) is 5.92 Å². The molecule has 0 fully saturated rings. The fourth-order valence-corrected chi connectivity index (χ4v) is 3.36. The monoisotopic (exact) mass is 413 g/mol. The van der Waals surface area contributed by atoms with Crippen molar-refractivity contribution in [2.24, 2.45) is 5.92 Å². The van der Waals surface area contributed by atoms with Gasteiger partial charge in [0.05, 0.1) is 0 Å². The van der Waals surface area contributed by atoms with E-state index in [9.17, 15) is 9.59 Å². The molecule has 5 heteroatoms. The van der Waals surface area contributed by atoms with Crippen LogP contribution in [-0.2, 0) is 9.59 Å². The van der Waals surface area contributed by atoms with Crippen molar-refractivity contribution in [3.8, 4) is 0 Å². The van der Waals surface area contributed by atoms with Crippen LogP contribution in [0.5, 0.6) is 0 Å². The maximum atomic E-state index is 11.0. The maximum Gasteiger partial charge on any atom is 0.343 e. The Balaban J connectivity index is 0. The summed E-state index contributed by atoms with van der Waals surface area (Å²) >= 11 is 0. The lowest BCUT2D eigenvalue weighted by molar-refractivity contribution is -0.140. The van der Waals surface area contributed by atoms with E-state index < -0.39 is 17.5 Å². The van der Waals surface area contributed by atoms with Crippen LogP contribution < -0.4 is 5.32 Å². The molecule has 0 radical (unpaired) electrons. The van der Waals surface area contributed by atoms with Crippen molar-refractivity contribution in [3.63, 3.8) is 0 Å². The van der Waals surface area contributed by atoms with E-state index in [4.69, 9.17) is 10.2 Å². The highest BCUT2D eigenvalue weighted by atomic mass is 16.4. The number of hydrogen-bond donors (Lipinski definition) is 3. The quantitative estimate of drug-likeness (QED) is 0.111. The van der Waals surface area contributed by atoms with Gasteiger partial charge in [0.25, 0.3) is 0 Å². The van der Waals surface area contributed by atoms with Crippen molar-refractivity contribution in [3.05, 3.63) is 11.1 Å². The lowest BCUT2D eigenvalue weighted by Gasteiger charge is -2.13. The van der Waals surface area contributed by atoms with Gasteiger partial charge in [-0.25, -0.2) is 9.59 Å². The Hall–Kier alpha value is -1.36. The first-order valence-corrected chi connectivity index (χ1v) is 11.6. The Labute approximate surface area is 179 Å². The van der Waals surface area contributed by atoms with Gasteiger partial charge in [0.15, 0.2) is 0 Å². The van der Waals surface area contributed by atoms with Gasteiger partial charge in [0.2, 0.25) is 0 Å². The third kappa shape index (κ3) is 18.4. The van der Waals surface area contributed by atoms with E-state index in [0.29, 0.717) is 5.57 Å². The van der Waals surface area contributed by atoms with Crippen LogP contribution in [0.4, 0.5) is 0 Å². The van der Waals surface area contributed by atoms with Crippen LogP contribution in [0.2, 0.25) is 0 Å². The molecule has 29 heavy (non-hydrogen) atoms. The molecule has 0 spiro atoms. The molecule has 3 N–H and O–H groups in total. The highest BCUT2D eigenvalue weighted by Gasteiger charge is 2.22. The zero-order valence-electron chi connectivity index (χ0n) is 19.7. The smallest absolute Gasteiger partial charge is 0.343 e. The van der Waals surface area contributed by atoms with Crippen LogP contribution in [0.3, 0.4) is 0 Å². The van der Waals surface area contributed by atoms with Crippen LogP contribution in [0.15, 0.2) is 11.1 Å². The molecule has 172 valence electrons. The first-order valence-electron chi connectivity index (χ1n) is 11.6. The predicted octanol–water partition coefficient (Wildman–Crippen LogP) is 6.43. The summed E-state index contributed by atoms with van der Waals surface area (Å²) in [5.74, 6) is -2.68. The Morgan fingerprint density at radius 3 is 1.34 bits per heavy atom. The average Bonchev–Trinajstić information content (AvgIpc) is 2.65. The van der Waals surface area contributed by atoms with Gasteiger partial charge in [-0.05, 0) is 38.9 Å². The predicted molar refractivity (Wildman–Crippen MR) is 122 cm³/mol. The second-order valence-corrected chi connectivity index (χ2v) is 8.10. The molecule has 5 nitrogen and oxygen atoms in total.